The van der Waals surface area contributed by atoms with E-state index in [1.54, 1.807) is 6.20 Å². The first-order valence-electron chi connectivity index (χ1n) is 9.98. The predicted molar refractivity (Wildman–Crippen MR) is 121 cm³/mol. The smallest absolute Gasteiger partial charge is 0.253 e. The van der Waals surface area contributed by atoms with Crippen molar-refractivity contribution >= 4 is 29.1 Å². The maximum absolute atomic E-state index is 12.6. The van der Waals surface area contributed by atoms with Gasteiger partial charge < -0.3 is 5.32 Å². The molecule has 1 amide bonds. The number of carbonyl (C=O) groups excluding carboxylic acids is 1. The fourth-order valence-electron chi connectivity index (χ4n) is 3.91. The van der Waals surface area contributed by atoms with Gasteiger partial charge in [-0.25, -0.2) is 0 Å². The molecule has 0 spiro atoms. The van der Waals surface area contributed by atoms with Crippen molar-refractivity contribution in [2.24, 2.45) is 0 Å². The number of halogens is 2. The van der Waals surface area contributed by atoms with Gasteiger partial charge in [0.15, 0.2) is 0 Å². The Morgan fingerprint density at radius 1 is 1.00 bits per heavy atom. The van der Waals surface area contributed by atoms with Crippen LogP contribution >= 0.6 is 23.2 Å². The molecule has 0 radical (unpaired) electrons. The Kier molecular flexibility index (Phi) is 6.38. The molecule has 154 valence electrons. The number of aromatic nitrogens is 1. The maximum atomic E-state index is 12.6. The van der Waals surface area contributed by atoms with E-state index in [9.17, 15) is 4.79 Å². The fourth-order valence-corrected chi connectivity index (χ4v) is 4.17. The zero-order valence-electron chi connectivity index (χ0n) is 16.7. The second kappa shape index (κ2) is 9.17. The molecule has 4 nitrogen and oxygen atoms in total. The maximum Gasteiger partial charge on any atom is 0.253 e. The minimum absolute atomic E-state index is 0.0717. The van der Waals surface area contributed by atoms with Crippen LogP contribution in [0.15, 0.2) is 66.9 Å². The average molecular weight is 440 g/mol. The van der Waals surface area contributed by atoms with E-state index in [2.05, 4.69) is 39.5 Å². The minimum atomic E-state index is -0.0797. The third kappa shape index (κ3) is 4.84. The molecular formula is C24H23Cl2N3O. The Balaban J connectivity index is 1.52. The van der Waals surface area contributed by atoms with Gasteiger partial charge in [0.2, 0.25) is 0 Å². The number of hydrogen-bond donors (Lipinski definition) is 1. The van der Waals surface area contributed by atoms with Crippen molar-refractivity contribution in [2.45, 2.75) is 25.4 Å². The van der Waals surface area contributed by atoms with Crippen LogP contribution in [0, 0.1) is 6.92 Å². The third-order valence-electron chi connectivity index (χ3n) is 5.47. The molecule has 1 aromatic heterocycles. The van der Waals surface area contributed by atoms with Crippen LogP contribution < -0.4 is 5.32 Å². The summed E-state index contributed by atoms with van der Waals surface area (Å²) in [4.78, 5) is 19.2. The topological polar surface area (TPSA) is 45.2 Å². The highest BCUT2D eigenvalue weighted by Crippen LogP contribution is 2.33. The summed E-state index contributed by atoms with van der Waals surface area (Å²) in [5.41, 5.74) is 3.81. The number of nitrogens with one attached hydrogen (secondary N) is 1. The summed E-state index contributed by atoms with van der Waals surface area (Å²) in [6, 6.07) is 19.7. The number of likely N-dealkylation sites (tertiary alicyclic amines) is 1. The number of pyridine rings is 1. The summed E-state index contributed by atoms with van der Waals surface area (Å²) in [6.45, 7) is 3.55. The van der Waals surface area contributed by atoms with Gasteiger partial charge >= 0.3 is 0 Å². The van der Waals surface area contributed by atoms with Gasteiger partial charge in [-0.3, -0.25) is 14.7 Å². The van der Waals surface area contributed by atoms with Crippen LogP contribution in [0.2, 0.25) is 10.0 Å². The Morgan fingerprint density at radius 3 is 2.13 bits per heavy atom. The van der Waals surface area contributed by atoms with Crippen LogP contribution in [0.3, 0.4) is 0 Å². The van der Waals surface area contributed by atoms with Crippen molar-refractivity contribution in [3.63, 3.8) is 0 Å². The van der Waals surface area contributed by atoms with Crippen LogP contribution in [0.5, 0.6) is 0 Å². The summed E-state index contributed by atoms with van der Waals surface area (Å²) >= 11 is 12.2. The van der Waals surface area contributed by atoms with Crippen molar-refractivity contribution in [1.82, 2.24) is 15.2 Å². The Hall–Kier alpha value is -2.40. The molecule has 0 aliphatic carbocycles. The van der Waals surface area contributed by atoms with Crippen LogP contribution in [-0.2, 0) is 0 Å². The lowest BCUT2D eigenvalue weighted by molar-refractivity contribution is 0.0936. The fraction of sp³-hybridized carbons (Fsp3) is 0.250. The van der Waals surface area contributed by atoms with Gasteiger partial charge in [-0.1, -0.05) is 47.5 Å². The number of carbonyl (C=O) groups is 1. The highest BCUT2D eigenvalue weighted by molar-refractivity contribution is 6.30. The number of aryl methyl sites for hydroxylation is 1. The summed E-state index contributed by atoms with van der Waals surface area (Å²) in [5, 5.41) is 4.59. The standard InChI is InChI=1S/C24H23Cl2N3O/c1-16-2-3-19(14-27-16)24(30)28-22-12-13-29(15-22)23(17-4-8-20(25)9-5-17)18-6-10-21(26)11-7-18/h2-11,14,22-23H,12-13,15H2,1H3,(H,28,30)/t22-/m1/s1. The van der Waals surface area contributed by atoms with E-state index in [1.165, 1.54) is 0 Å². The average Bonchev–Trinajstić information content (AvgIpc) is 3.19. The number of nitrogens with zero attached hydrogens (tertiary/aromatic N) is 2. The van der Waals surface area contributed by atoms with Gasteiger partial charge in [0.25, 0.3) is 5.91 Å². The van der Waals surface area contributed by atoms with Crippen LogP contribution in [0.4, 0.5) is 0 Å². The molecule has 0 bridgehead atoms. The molecule has 1 N–H and O–H groups in total. The van der Waals surface area contributed by atoms with Gasteiger partial charge in [-0.2, -0.15) is 0 Å². The van der Waals surface area contributed by atoms with Gasteiger partial charge in [-0.05, 0) is 60.9 Å². The molecule has 1 atom stereocenters. The van der Waals surface area contributed by atoms with Gasteiger partial charge in [-0.15, -0.1) is 0 Å². The van der Waals surface area contributed by atoms with Crippen LogP contribution in [-0.4, -0.2) is 34.9 Å². The zero-order chi connectivity index (χ0) is 21.1. The number of benzene rings is 2. The first-order chi connectivity index (χ1) is 14.5. The Labute approximate surface area is 186 Å². The van der Waals surface area contributed by atoms with Crippen molar-refractivity contribution in [1.29, 1.82) is 0 Å². The van der Waals surface area contributed by atoms with E-state index in [0.29, 0.717) is 15.6 Å². The van der Waals surface area contributed by atoms with Crippen LogP contribution in [0.25, 0.3) is 0 Å². The van der Waals surface area contributed by atoms with E-state index in [1.807, 2.05) is 43.3 Å². The molecule has 2 heterocycles. The molecule has 2 aromatic carbocycles. The molecule has 1 aliphatic rings. The third-order valence-corrected chi connectivity index (χ3v) is 5.97. The van der Waals surface area contributed by atoms with Gasteiger partial charge in [0.1, 0.15) is 0 Å². The molecule has 1 aliphatic heterocycles. The zero-order valence-corrected chi connectivity index (χ0v) is 18.2. The molecular weight excluding hydrogens is 417 g/mol. The monoisotopic (exact) mass is 439 g/mol. The predicted octanol–water partition coefficient (Wildman–Crippen LogP) is 5.29. The number of rotatable bonds is 5. The molecule has 1 fully saturated rings. The molecule has 4 rings (SSSR count). The van der Waals surface area contributed by atoms with Crippen molar-refractivity contribution in [3.8, 4) is 0 Å². The van der Waals surface area contributed by atoms with Crippen molar-refractivity contribution in [3.05, 3.63) is 99.3 Å². The lowest BCUT2D eigenvalue weighted by Crippen LogP contribution is -2.38. The van der Waals surface area contributed by atoms with Gasteiger partial charge in [0, 0.05) is 41.1 Å². The lowest BCUT2D eigenvalue weighted by Gasteiger charge is -2.29. The Bertz CT molecular complexity index is 959. The molecule has 6 heteroatoms. The van der Waals surface area contributed by atoms with Gasteiger partial charge in [0.05, 0.1) is 11.6 Å². The first kappa shape index (κ1) is 20.9. The molecule has 30 heavy (non-hydrogen) atoms. The highest BCUT2D eigenvalue weighted by atomic mass is 35.5. The van der Waals surface area contributed by atoms with E-state index in [4.69, 9.17) is 23.2 Å². The summed E-state index contributed by atoms with van der Waals surface area (Å²) in [6.07, 6.45) is 2.52. The van der Waals surface area contributed by atoms with E-state index in [-0.39, 0.29) is 18.0 Å². The summed E-state index contributed by atoms with van der Waals surface area (Å²) in [5.74, 6) is -0.0797. The van der Waals surface area contributed by atoms with E-state index < -0.39 is 0 Å². The first-order valence-corrected chi connectivity index (χ1v) is 10.7. The molecule has 0 unspecified atom stereocenters. The SMILES string of the molecule is Cc1ccc(C(=O)N[C@@H]2CCN(C(c3ccc(Cl)cc3)c3ccc(Cl)cc3)C2)cn1. The minimum Gasteiger partial charge on any atom is -0.348 e. The van der Waals surface area contributed by atoms with Crippen molar-refractivity contribution in [2.75, 3.05) is 13.1 Å². The number of hydrogen-bond acceptors (Lipinski definition) is 3. The molecule has 0 saturated carbocycles. The normalized spacial score (nSPS) is 16.7. The van der Waals surface area contributed by atoms with Crippen molar-refractivity contribution < 1.29 is 4.79 Å². The quantitative estimate of drug-likeness (QED) is 0.587. The second-order valence-corrected chi connectivity index (χ2v) is 8.52. The summed E-state index contributed by atoms with van der Waals surface area (Å²) in [7, 11) is 0. The highest BCUT2D eigenvalue weighted by Gasteiger charge is 2.31. The van der Waals surface area contributed by atoms with Crippen LogP contribution in [0.1, 0.15) is 39.6 Å². The van der Waals surface area contributed by atoms with E-state index in [0.717, 1.165) is 36.3 Å². The molecule has 3 aromatic rings. The number of amides is 1. The largest absolute Gasteiger partial charge is 0.348 e. The van der Waals surface area contributed by atoms with E-state index >= 15 is 0 Å². The lowest BCUT2D eigenvalue weighted by atomic mass is 9.97. The Morgan fingerprint density at radius 2 is 1.60 bits per heavy atom. The summed E-state index contributed by atoms with van der Waals surface area (Å²) < 4.78 is 0. The second-order valence-electron chi connectivity index (χ2n) is 7.65. The molecule has 1 saturated heterocycles.